The van der Waals surface area contributed by atoms with Crippen molar-refractivity contribution in [2.45, 2.75) is 25.7 Å². The Morgan fingerprint density at radius 3 is 2.13 bits per heavy atom. The zero-order chi connectivity index (χ0) is 22.1. The lowest BCUT2D eigenvalue weighted by Gasteiger charge is -2.30. The van der Waals surface area contributed by atoms with Gasteiger partial charge < -0.3 is 0 Å². The molecule has 1 aliphatic carbocycles. The lowest BCUT2D eigenvalue weighted by molar-refractivity contribution is -0.154. The van der Waals surface area contributed by atoms with E-state index in [0.29, 0.717) is 23.4 Å². The first kappa shape index (κ1) is 21.5. The van der Waals surface area contributed by atoms with Gasteiger partial charge >= 0.3 is 0 Å². The van der Waals surface area contributed by atoms with Crippen LogP contribution in [0.1, 0.15) is 46.4 Å². The van der Waals surface area contributed by atoms with E-state index in [1.807, 2.05) is 0 Å². The zero-order valence-corrected chi connectivity index (χ0v) is 18.1. The third-order valence-electron chi connectivity index (χ3n) is 5.84. The first-order valence-corrected chi connectivity index (χ1v) is 10.9. The maximum absolute atomic E-state index is 13.4. The fraction of sp³-hybridized carbons (Fsp3) is 0.304. The molecule has 2 aliphatic rings. The van der Waals surface area contributed by atoms with Crippen molar-refractivity contribution in [3.8, 4) is 0 Å². The number of hydrogen-bond acceptors (Lipinski definition) is 4. The SMILES string of the molecule is O=C(CN(C(=O)c1ccc(Cl)cc1Cl)N1C(=O)[C@H]2CCCC[C@H]2C1=O)c1ccccc1. The summed E-state index contributed by atoms with van der Waals surface area (Å²) >= 11 is 12.2. The minimum Gasteiger partial charge on any atom is -0.292 e. The Morgan fingerprint density at radius 2 is 1.55 bits per heavy atom. The Morgan fingerprint density at radius 1 is 0.935 bits per heavy atom. The van der Waals surface area contributed by atoms with Crippen molar-refractivity contribution in [2.75, 3.05) is 6.54 Å². The number of hydrazine groups is 1. The van der Waals surface area contributed by atoms with Gasteiger partial charge in [-0.3, -0.25) is 19.2 Å². The molecule has 1 saturated heterocycles. The highest BCUT2D eigenvalue weighted by molar-refractivity contribution is 6.36. The summed E-state index contributed by atoms with van der Waals surface area (Å²) in [6.07, 6.45) is 2.91. The summed E-state index contributed by atoms with van der Waals surface area (Å²) < 4.78 is 0. The van der Waals surface area contributed by atoms with Crippen LogP contribution >= 0.6 is 23.2 Å². The Bertz CT molecular complexity index is 1030. The van der Waals surface area contributed by atoms with E-state index in [0.717, 1.165) is 22.9 Å². The van der Waals surface area contributed by atoms with Gasteiger partial charge in [-0.05, 0) is 31.0 Å². The molecule has 6 nitrogen and oxygen atoms in total. The molecular weight excluding hydrogens is 439 g/mol. The molecule has 0 radical (unpaired) electrons. The zero-order valence-electron chi connectivity index (χ0n) is 16.6. The van der Waals surface area contributed by atoms with Crippen molar-refractivity contribution < 1.29 is 19.2 Å². The minimum atomic E-state index is -0.703. The average Bonchev–Trinajstić information content (AvgIpc) is 3.02. The molecule has 160 valence electrons. The normalized spacial score (nSPS) is 20.5. The summed E-state index contributed by atoms with van der Waals surface area (Å²) in [5.41, 5.74) is 0.432. The van der Waals surface area contributed by atoms with Crippen molar-refractivity contribution in [1.82, 2.24) is 10.0 Å². The van der Waals surface area contributed by atoms with Gasteiger partial charge in [0.15, 0.2) is 5.78 Å². The molecule has 1 heterocycles. The quantitative estimate of drug-likeness (QED) is 0.491. The third-order valence-corrected chi connectivity index (χ3v) is 6.39. The molecule has 2 aromatic rings. The predicted molar refractivity (Wildman–Crippen MR) is 116 cm³/mol. The van der Waals surface area contributed by atoms with Crippen LogP contribution < -0.4 is 0 Å². The number of carbonyl (C=O) groups is 4. The first-order valence-electron chi connectivity index (χ1n) is 10.1. The topological polar surface area (TPSA) is 74.8 Å². The van der Waals surface area contributed by atoms with Crippen LogP contribution in [0.3, 0.4) is 0 Å². The summed E-state index contributed by atoms with van der Waals surface area (Å²) in [5, 5.41) is 2.22. The van der Waals surface area contributed by atoms with E-state index in [-0.39, 0.29) is 10.6 Å². The van der Waals surface area contributed by atoms with Crippen molar-refractivity contribution in [2.24, 2.45) is 11.8 Å². The van der Waals surface area contributed by atoms with Gasteiger partial charge in [-0.2, -0.15) is 5.01 Å². The molecule has 0 spiro atoms. The smallest absolute Gasteiger partial charge is 0.274 e. The average molecular weight is 459 g/mol. The molecule has 0 N–H and O–H groups in total. The second kappa shape index (κ2) is 8.81. The van der Waals surface area contributed by atoms with Crippen LogP contribution in [0.25, 0.3) is 0 Å². The fourth-order valence-electron chi connectivity index (χ4n) is 4.27. The van der Waals surface area contributed by atoms with Crippen molar-refractivity contribution in [3.05, 3.63) is 69.7 Å². The number of rotatable bonds is 5. The number of carbonyl (C=O) groups excluding carboxylic acids is 4. The Kier molecular flexibility index (Phi) is 6.12. The van der Waals surface area contributed by atoms with Crippen LogP contribution in [-0.2, 0) is 9.59 Å². The standard InChI is InChI=1S/C23H20Cl2N2O4/c24-15-10-11-18(19(25)12-15)21(29)26(13-20(28)14-6-2-1-3-7-14)27-22(30)16-8-4-5-9-17(16)23(27)31/h1-3,6-7,10-12,16-17H,4-5,8-9,13H2/t16-,17+. The molecule has 31 heavy (non-hydrogen) atoms. The van der Waals surface area contributed by atoms with Crippen LogP contribution in [0.15, 0.2) is 48.5 Å². The van der Waals surface area contributed by atoms with Gasteiger partial charge in [0.25, 0.3) is 17.7 Å². The van der Waals surface area contributed by atoms with Crippen molar-refractivity contribution in [3.63, 3.8) is 0 Å². The van der Waals surface area contributed by atoms with E-state index < -0.39 is 41.9 Å². The predicted octanol–water partition coefficient (Wildman–Crippen LogP) is 4.41. The molecular formula is C23H20Cl2N2O4. The molecule has 4 rings (SSSR count). The van der Waals surface area contributed by atoms with Crippen molar-refractivity contribution in [1.29, 1.82) is 0 Å². The molecule has 2 aromatic carbocycles. The van der Waals surface area contributed by atoms with E-state index in [4.69, 9.17) is 23.2 Å². The summed E-state index contributed by atoms with van der Waals surface area (Å²) in [7, 11) is 0. The number of ketones is 1. The molecule has 3 amide bonds. The maximum atomic E-state index is 13.4. The number of amides is 3. The summed E-state index contributed by atoms with van der Waals surface area (Å²) in [5.74, 6) is -2.88. The molecule has 1 aliphatic heterocycles. The number of hydrogen-bond donors (Lipinski definition) is 0. The van der Waals surface area contributed by atoms with Gasteiger partial charge in [-0.15, -0.1) is 0 Å². The molecule has 2 fully saturated rings. The van der Waals surface area contributed by atoms with Gasteiger partial charge in [-0.25, -0.2) is 5.01 Å². The second-order valence-electron chi connectivity index (χ2n) is 7.76. The minimum absolute atomic E-state index is 0.0578. The molecule has 1 saturated carbocycles. The highest BCUT2D eigenvalue weighted by Gasteiger charge is 2.51. The first-order chi connectivity index (χ1) is 14.9. The lowest BCUT2D eigenvalue weighted by atomic mass is 9.81. The van der Waals surface area contributed by atoms with Gasteiger partial charge in [0.2, 0.25) is 0 Å². The number of nitrogens with zero attached hydrogens (tertiary/aromatic N) is 2. The Hall–Kier alpha value is -2.70. The van der Waals surface area contributed by atoms with E-state index in [1.54, 1.807) is 30.3 Å². The van der Waals surface area contributed by atoms with Gasteiger partial charge in [-0.1, -0.05) is 66.4 Å². The van der Waals surface area contributed by atoms with E-state index in [2.05, 4.69) is 0 Å². The van der Waals surface area contributed by atoms with E-state index in [1.165, 1.54) is 18.2 Å². The monoisotopic (exact) mass is 458 g/mol. The second-order valence-corrected chi connectivity index (χ2v) is 8.61. The molecule has 2 atom stereocenters. The van der Waals surface area contributed by atoms with Crippen LogP contribution in [0.5, 0.6) is 0 Å². The summed E-state index contributed by atoms with van der Waals surface area (Å²) in [4.78, 5) is 52.6. The van der Waals surface area contributed by atoms with Gasteiger partial charge in [0.1, 0.15) is 6.54 Å². The molecule has 0 bridgehead atoms. The van der Waals surface area contributed by atoms with E-state index >= 15 is 0 Å². The Balaban J connectivity index is 1.72. The maximum Gasteiger partial charge on any atom is 0.274 e. The third kappa shape index (κ3) is 4.10. The van der Waals surface area contributed by atoms with Crippen molar-refractivity contribution >= 4 is 46.7 Å². The number of Topliss-reactive ketones (excluding diaryl/α,β-unsaturated/α-hetero) is 1. The highest BCUT2D eigenvalue weighted by Crippen LogP contribution is 2.39. The van der Waals surface area contributed by atoms with Gasteiger partial charge in [0.05, 0.1) is 22.4 Å². The van der Waals surface area contributed by atoms with E-state index in [9.17, 15) is 19.2 Å². The number of halogens is 2. The molecule has 0 aromatic heterocycles. The molecule has 0 unspecified atom stereocenters. The largest absolute Gasteiger partial charge is 0.292 e. The van der Waals surface area contributed by atoms with Crippen LogP contribution in [0.4, 0.5) is 0 Å². The highest BCUT2D eigenvalue weighted by atomic mass is 35.5. The summed E-state index contributed by atoms with van der Waals surface area (Å²) in [6, 6.07) is 12.7. The Labute approximate surface area is 189 Å². The van der Waals surface area contributed by atoms with Crippen LogP contribution in [0.2, 0.25) is 10.0 Å². The molecule has 8 heteroatoms. The van der Waals surface area contributed by atoms with Gasteiger partial charge in [0, 0.05) is 10.6 Å². The lowest BCUT2D eigenvalue weighted by Crippen LogP contribution is -2.52. The van der Waals surface area contributed by atoms with Crippen LogP contribution in [0, 0.1) is 11.8 Å². The van der Waals surface area contributed by atoms with Crippen LogP contribution in [-0.4, -0.2) is 40.1 Å². The fourth-order valence-corrected chi connectivity index (χ4v) is 4.76. The summed E-state index contributed by atoms with van der Waals surface area (Å²) in [6.45, 7) is -0.460. The number of benzene rings is 2. The number of imide groups is 1. The number of fused-ring (bicyclic) bond motifs is 1.